The van der Waals surface area contributed by atoms with Gasteiger partial charge in [0.25, 0.3) is 5.91 Å². The van der Waals surface area contributed by atoms with Crippen molar-refractivity contribution in [3.63, 3.8) is 0 Å². The Bertz CT molecular complexity index is 937. The van der Waals surface area contributed by atoms with Crippen molar-refractivity contribution in [1.82, 2.24) is 24.5 Å². The van der Waals surface area contributed by atoms with Crippen molar-refractivity contribution in [2.45, 2.75) is 39.8 Å². The van der Waals surface area contributed by atoms with Crippen molar-refractivity contribution >= 4 is 22.2 Å². The number of carbonyl (C=O) groups excluding carboxylic acids is 1. The van der Waals surface area contributed by atoms with E-state index in [2.05, 4.69) is 39.8 Å². The first-order chi connectivity index (χ1) is 12.0. The van der Waals surface area contributed by atoms with Crippen molar-refractivity contribution in [2.24, 2.45) is 11.7 Å². The van der Waals surface area contributed by atoms with E-state index in [0.717, 1.165) is 48.8 Å². The maximum Gasteiger partial charge on any atom is 0.252 e. The molecule has 1 unspecified atom stereocenters. The Morgan fingerprint density at radius 2 is 2.32 bits per heavy atom. The molecule has 7 nitrogen and oxygen atoms in total. The summed E-state index contributed by atoms with van der Waals surface area (Å²) in [7, 11) is 0. The van der Waals surface area contributed by atoms with Gasteiger partial charge in [-0.3, -0.25) is 13.9 Å². The molecule has 0 aromatic carbocycles. The van der Waals surface area contributed by atoms with Crippen LogP contribution in [0.3, 0.4) is 0 Å². The number of hydrogen-bond acceptors (Lipinski definition) is 5. The molecule has 0 saturated heterocycles. The van der Waals surface area contributed by atoms with Gasteiger partial charge in [0.1, 0.15) is 0 Å². The minimum Gasteiger partial charge on any atom is -0.365 e. The number of rotatable bonds is 5. The van der Waals surface area contributed by atoms with Crippen LogP contribution in [-0.4, -0.2) is 31.6 Å². The second-order valence-electron chi connectivity index (χ2n) is 6.72. The van der Waals surface area contributed by atoms with E-state index in [1.54, 1.807) is 17.5 Å². The molecule has 0 saturated carbocycles. The van der Waals surface area contributed by atoms with Gasteiger partial charge in [-0.1, -0.05) is 0 Å². The molecule has 4 heterocycles. The number of hydrogen-bond donors (Lipinski definition) is 2. The fourth-order valence-electron chi connectivity index (χ4n) is 3.60. The normalized spacial score (nSPS) is 17.1. The summed E-state index contributed by atoms with van der Waals surface area (Å²) in [5.74, 6) is 0.0928. The van der Waals surface area contributed by atoms with Crippen LogP contribution in [0.4, 0.5) is 0 Å². The highest BCUT2D eigenvalue weighted by Crippen LogP contribution is 2.23. The molecular weight excluding hydrogens is 336 g/mol. The van der Waals surface area contributed by atoms with Gasteiger partial charge < -0.3 is 11.1 Å². The van der Waals surface area contributed by atoms with E-state index in [-0.39, 0.29) is 5.91 Å². The average molecular weight is 358 g/mol. The van der Waals surface area contributed by atoms with Crippen LogP contribution in [0.15, 0.2) is 12.4 Å². The number of primary amides is 1. The van der Waals surface area contributed by atoms with Gasteiger partial charge in [0.15, 0.2) is 4.96 Å². The van der Waals surface area contributed by atoms with Crippen molar-refractivity contribution in [2.75, 3.05) is 6.54 Å². The molecular formula is C17H22N6OS. The Morgan fingerprint density at radius 1 is 1.48 bits per heavy atom. The number of nitrogens with one attached hydrogen (secondary N) is 1. The molecule has 3 aromatic rings. The number of aromatic nitrogens is 4. The van der Waals surface area contributed by atoms with E-state index >= 15 is 0 Å². The molecule has 0 radical (unpaired) electrons. The molecule has 1 aliphatic heterocycles. The van der Waals surface area contributed by atoms with E-state index in [1.165, 1.54) is 10.6 Å². The van der Waals surface area contributed by atoms with Gasteiger partial charge in [0.05, 0.1) is 28.8 Å². The first-order valence-electron chi connectivity index (χ1n) is 8.52. The fourth-order valence-corrected chi connectivity index (χ4v) is 4.49. The summed E-state index contributed by atoms with van der Waals surface area (Å²) >= 11 is 1.72. The van der Waals surface area contributed by atoms with Crippen molar-refractivity contribution in [3.05, 3.63) is 39.9 Å². The number of nitrogens with zero attached hydrogens (tertiary/aromatic N) is 4. The van der Waals surface area contributed by atoms with Gasteiger partial charge in [0, 0.05) is 24.2 Å². The highest BCUT2D eigenvalue weighted by molar-refractivity contribution is 7.17. The summed E-state index contributed by atoms with van der Waals surface area (Å²) in [6.07, 6.45) is 5.63. The average Bonchev–Trinajstić information content (AvgIpc) is 3.21. The van der Waals surface area contributed by atoms with Gasteiger partial charge in [-0.2, -0.15) is 5.10 Å². The number of thiazole rings is 1. The summed E-state index contributed by atoms with van der Waals surface area (Å²) in [5.41, 5.74) is 9.28. The Kier molecular flexibility index (Phi) is 4.09. The van der Waals surface area contributed by atoms with Crippen molar-refractivity contribution in [1.29, 1.82) is 0 Å². The Balaban J connectivity index is 1.41. The third-order valence-corrected chi connectivity index (χ3v) is 5.81. The van der Waals surface area contributed by atoms with Crippen LogP contribution in [0.1, 0.15) is 38.7 Å². The minimum atomic E-state index is -0.389. The van der Waals surface area contributed by atoms with Crippen LogP contribution in [0.2, 0.25) is 0 Å². The molecule has 0 aliphatic carbocycles. The fraction of sp³-hybridized carbons (Fsp3) is 0.471. The zero-order chi connectivity index (χ0) is 17.6. The first kappa shape index (κ1) is 16.3. The second-order valence-corrected chi connectivity index (χ2v) is 7.93. The molecule has 132 valence electrons. The van der Waals surface area contributed by atoms with Gasteiger partial charge in [-0.15, -0.1) is 11.3 Å². The number of imidazole rings is 1. The van der Waals surface area contributed by atoms with Crippen LogP contribution in [0.25, 0.3) is 4.96 Å². The maximum atomic E-state index is 11.5. The molecule has 8 heteroatoms. The van der Waals surface area contributed by atoms with Gasteiger partial charge in [-0.25, -0.2) is 4.98 Å². The van der Waals surface area contributed by atoms with Crippen LogP contribution in [-0.2, 0) is 19.5 Å². The Morgan fingerprint density at radius 3 is 3.12 bits per heavy atom. The molecule has 0 spiro atoms. The maximum absolute atomic E-state index is 11.5. The number of amides is 1. The van der Waals surface area contributed by atoms with Crippen LogP contribution < -0.4 is 11.1 Å². The third-order valence-electron chi connectivity index (χ3n) is 4.91. The van der Waals surface area contributed by atoms with Crippen molar-refractivity contribution < 1.29 is 4.79 Å². The highest BCUT2D eigenvalue weighted by atomic mass is 32.1. The van der Waals surface area contributed by atoms with E-state index in [9.17, 15) is 4.79 Å². The molecule has 0 bridgehead atoms. The lowest BCUT2D eigenvalue weighted by Gasteiger charge is -2.24. The Hall–Kier alpha value is -2.19. The lowest BCUT2D eigenvalue weighted by molar-refractivity contribution is 0.0998. The van der Waals surface area contributed by atoms with Crippen LogP contribution in [0.5, 0.6) is 0 Å². The zero-order valence-electron chi connectivity index (χ0n) is 14.5. The van der Waals surface area contributed by atoms with Gasteiger partial charge in [0.2, 0.25) is 0 Å². The molecule has 1 aliphatic rings. The molecule has 1 amide bonds. The number of fused-ring (bicyclic) bond motifs is 2. The summed E-state index contributed by atoms with van der Waals surface area (Å²) in [5, 5.41) is 7.84. The predicted octanol–water partition coefficient (Wildman–Crippen LogP) is 1.66. The van der Waals surface area contributed by atoms with Gasteiger partial charge >= 0.3 is 0 Å². The smallest absolute Gasteiger partial charge is 0.252 e. The molecule has 25 heavy (non-hydrogen) atoms. The van der Waals surface area contributed by atoms with Gasteiger partial charge in [-0.05, 0) is 39.2 Å². The topological polar surface area (TPSA) is 90.2 Å². The predicted molar refractivity (Wildman–Crippen MR) is 96.8 cm³/mol. The lowest BCUT2D eigenvalue weighted by Crippen LogP contribution is -2.30. The summed E-state index contributed by atoms with van der Waals surface area (Å²) in [4.78, 5) is 18.5. The second kappa shape index (κ2) is 6.27. The molecule has 3 aromatic heterocycles. The minimum absolute atomic E-state index is 0.389. The molecule has 3 N–H and O–H groups in total. The number of nitrogens with two attached hydrogens (primary N) is 1. The van der Waals surface area contributed by atoms with Crippen molar-refractivity contribution in [3.8, 4) is 0 Å². The largest absolute Gasteiger partial charge is 0.365 e. The van der Waals surface area contributed by atoms with Crippen LogP contribution in [0, 0.1) is 19.8 Å². The van der Waals surface area contributed by atoms with E-state index in [4.69, 9.17) is 5.73 Å². The zero-order valence-corrected chi connectivity index (χ0v) is 15.3. The lowest BCUT2D eigenvalue weighted by atomic mass is 9.94. The van der Waals surface area contributed by atoms with E-state index < -0.39 is 0 Å². The monoisotopic (exact) mass is 358 g/mol. The number of carbonyl (C=O) groups is 1. The SMILES string of the molecule is Cc1cn2c(CNCC3CCn4ncc(C(N)=O)c4C3)c(C)nc2s1. The van der Waals surface area contributed by atoms with E-state index in [1.807, 2.05) is 4.68 Å². The third kappa shape index (κ3) is 2.96. The highest BCUT2D eigenvalue weighted by Gasteiger charge is 2.24. The quantitative estimate of drug-likeness (QED) is 0.726. The molecule has 1 atom stereocenters. The standard InChI is InChI=1S/C17H22N6OS/c1-10-9-22-15(11(2)21-17(22)25-10)8-19-6-12-3-4-23-14(5-12)13(7-20-23)16(18)24/h7,9,12,19H,3-6,8H2,1-2H3,(H2,18,24). The van der Waals surface area contributed by atoms with Crippen LogP contribution >= 0.6 is 11.3 Å². The first-order valence-corrected chi connectivity index (χ1v) is 9.33. The summed E-state index contributed by atoms with van der Waals surface area (Å²) in [6.45, 7) is 6.70. The summed E-state index contributed by atoms with van der Waals surface area (Å²) in [6, 6.07) is 0. The van der Waals surface area contributed by atoms with E-state index in [0.29, 0.717) is 11.5 Å². The molecule has 0 fully saturated rings. The summed E-state index contributed by atoms with van der Waals surface area (Å²) < 4.78 is 4.10. The molecule has 4 rings (SSSR count). The Labute approximate surface area is 149 Å². The number of aryl methyl sites for hydroxylation is 3.